The molecule has 84 valence electrons. The van der Waals surface area contributed by atoms with E-state index in [0.29, 0.717) is 0 Å². The van der Waals surface area contributed by atoms with Crippen LogP contribution in [0.15, 0.2) is 0 Å². The van der Waals surface area contributed by atoms with E-state index >= 15 is 0 Å². The molecule has 3 heteroatoms. The number of carbonyl (C=O) groups is 1. The molecule has 3 N–H and O–H groups in total. The van der Waals surface area contributed by atoms with E-state index in [1.807, 2.05) is 6.92 Å². The third-order valence-electron chi connectivity index (χ3n) is 3.11. The molecule has 0 saturated heterocycles. The second-order valence-corrected chi connectivity index (χ2v) is 4.20. The molecule has 3 nitrogen and oxygen atoms in total. The average molecular weight is 201 g/mol. The van der Waals surface area contributed by atoms with Gasteiger partial charge in [-0.05, 0) is 18.8 Å². The van der Waals surface area contributed by atoms with Crippen molar-refractivity contribution in [1.82, 2.24) is 0 Å². The van der Waals surface area contributed by atoms with Crippen LogP contribution in [0.4, 0.5) is 0 Å². The van der Waals surface area contributed by atoms with Crippen LogP contribution in [0.3, 0.4) is 0 Å². The Bertz CT molecular complexity index is 182. The Kier molecular flexibility index (Phi) is 5.77. The smallest absolute Gasteiger partial charge is 0.305 e. The van der Waals surface area contributed by atoms with Gasteiger partial charge in [-0.15, -0.1) is 0 Å². The monoisotopic (exact) mass is 201 g/mol. The first-order valence-electron chi connectivity index (χ1n) is 5.47. The summed E-state index contributed by atoms with van der Waals surface area (Å²) in [4.78, 5) is 10.7. The van der Waals surface area contributed by atoms with Crippen molar-refractivity contribution in [2.75, 3.05) is 0 Å². The number of carboxylic acids is 1. The van der Waals surface area contributed by atoms with Crippen LogP contribution in [0, 0.1) is 5.92 Å². The molecular formula is C11H23NO2. The lowest BCUT2D eigenvalue weighted by atomic mass is 9.78. The number of hydrogen-bond donors (Lipinski definition) is 2. The summed E-state index contributed by atoms with van der Waals surface area (Å²) >= 11 is 0. The van der Waals surface area contributed by atoms with Crippen molar-refractivity contribution < 1.29 is 9.90 Å². The molecule has 0 heterocycles. The van der Waals surface area contributed by atoms with Gasteiger partial charge in [0.05, 0.1) is 6.42 Å². The summed E-state index contributed by atoms with van der Waals surface area (Å²) in [6.07, 6.45) is 4.09. The fraction of sp³-hybridized carbons (Fsp3) is 0.909. The lowest BCUT2D eigenvalue weighted by Crippen LogP contribution is -2.47. The molecule has 0 aromatic heterocycles. The molecular weight excluding hydrogens is 178 g/mol. The zero-order chi connectivity index (χ0) is 11.2. The summed E-state index contributed by atoms with van der Waals surface area (Å²) in [5.74, 6) is -0.513. The Morgan fingerprint density at radius 1 is 1.50 bits per heavy atom. The maximum atomic E-state index is 10.7. The van der Waals surface area contributed by atoms with Crippen molar-refractivity contribution in [3.8, 4) is 0 Å². The zero-order valence-electron chi connectivity index (χ0n) is 9.55. The summed E-state index contributed by atoms with van der Waals surface area (Å²) in [6, 6.07) is 0. The molecule has 0 bridgehead atoms. The largest absolute Gasteiger partial charge is 0.481 e. The van der Waals surface area contributed by atoms with Gasteiger partial charge in [-0.25, -0.2) is 0 Å². The van der Waals surface area contributed by atoms with E-state index in [-0.39, 0.29) is 12.3 Å². The van der Waals surface area contributed by atoms with Gasteiger partial charge in [0.1, 0.15) is 0 Å². The van der Waals surface area contributed by atoms with Crippen LogP contribution < -0.4 is 5.73 Å². The molecule has 0 spiro atoms. The van der Waals surface area contributed by atoms with E-state index in [1.165, 1.54) is 0 Å². The van der Waals surface area contributed by atoms with Crippen molar-refractivity contribution >= 4 is 5.97 Å². The highest BCUT2D eigenvalue weighted by atomic mass is 16.4. The second kappa shape index (κ2) is 6.02. The molecule has 0 saturated carbocycles. The van der Waals surface area contributed by atoms with Crippen molar-refractivity contribution in [1.29, 1.82) is 0 Å². The van der Waals surface area contributed by atoms with E-state index in [1.54, 1.807) is 0 Å². The third kappa shape index (κ3) is 4.09. The lowest BCUT2D eigenvalue weighted by Gasteiger charge is -2.33. The van der Waals surface area contributed by atoms with Gasteiger partial charge >= 0.3 is 5.97 Å². The van der Waals surface area contributed by atoms with Crippen LogP contribution in [0.25, 0.3) is 0 Å². The minimum absolute atomic E-state index is 0.0778. The summed E-state index contributed by atoms with van der Waals surface area (Å²) in [7, 11) is 0. The fourth-order valence-electron chi connectivity index (χ4n) is 1.73. The molecule has 0 aliphatic rings. The van der Waals surface area contributed by atoms with Crippen LogP contribution in [0.1, 0.15) is 52.9 Å². The normalized spacial score (nSPS) is 17.4. The van der Waals surface area contributed by atoms with Crippen LogP contribution in [0.5, 0.6) is 0 Å². The first-order chi connectivity index (χ1) is 6.46. The second-order valence-electron chi connectivity index (χ2n) is 4.20. The minimum Gasteiger partial charge on any atom is -0.481 e. The lowest BCUT2D eigenvalue weighted by molar-refractivity contribution is -0.139. The van der Waals surface area contributed by atoms with Crippen LogP contribution in [0.2, 0.25) is 0 Å². The predicted molar refractivity (Wildman–Crippen MR) is 58.2 cm³/mol. The first kappa shape index (κ1) is 13.4. The standard InChI is InChI=1S/C11H23NO2/c1-4-6-7-9(3)11(12,5-2)8-10(13)14/h9H,4-8,12H2,1-3H3,(H,13,14). The summed E-state index contributed by atoms with van der Waals surface area (Å²) in [6.45, 7) is 6.15. The van der Waals surface area contributed by atoms with Gasteiger partial charge in [-0.2, -0.15) is 0 Å². The van der Waals surface area contributed by atoms with Gasteiger partial charge < -0.3 is 10.8 Å². The number of unbranched alkanes of at least 4 members (excludes halogenated alkanes) is 1. The molecule has 0 radical (unpaired) electrons. The first-order valence-corrected chi connectivity index (χ1v) is 5.47. The van der Waals surface area contributed by atoms with Crippen LogP contribution in [-0.2, 0) is 4.79 Å². The van der Waals surface area contributed by atoms with Gasteiger partial charge in [0.15, 0.2) is 0 Å². The Labute approximate surface area is 86.7 Å². The SMILES string of the molecule is CCCCC(C)C(N)(CC)CC(=O)O. The third-order valence-corrected chi connectivity index (χ3v) is 3.11. The molecule has 0 amide bonds. The molecule has 2 atom stereocenters. The average Bonchev–Trinajstić information content (AvgIpc) is 2.12. The molecule has 0 aliphatic carbocycles. The minimum atomic E-state index is -0.794. The van der Waals surface area contributed by atoms with Crippen molar-refractivity contribution in [2.45, 2.75) is 58.4 Å². The number of nitrogens with two attached hydrogens (primary N) is 1. The topological polar surface area (TPSA) is 63.3 Å². The molecule has 0 aromatic carbocycles. The van der Waals surface area contributed by atoms with Crippen molar-refractivity contribution in [3.05, 3.63) is 0 Å². The molecule has 0 rings (SSSR count). The number of aliphatic carboxylic acids is 1. The van der Waals surface area contributed by atoms with E-state index in [9.17, 15) is 4.79 Å². The highest BCUT2D eigenvalue weighted by Gasteiger charge is 2.31. The zero-order valence-corrected chi connectivity index (χ0v) is 9.55. The van der Waals surface area contributed by atoms with Crippen molar-refractivity contribution in [2.24, 2.45) is 11.7 Å². The molecule has 0 fully saturated rings. The Morgan fingerprint density at radius 2 is 2.07 bits per heavy atom. The van der Waals surface area contributed by atoms with Gasteiger partial charge in [0, 0.05) is 5.54 Å². The molecule has 0 aromatic rings. The van der Waals surface area contributed by atoms with Crippen LogP contribution >= 0.6 is 0 Å². The van der Waals surface area contributed by atoms with Crippen LogP contribution in [-0.4, -0.2) is 16.6 Å². The van der Waals surface area contributed by atoms with E-state index in [4.69, 9.17) is 10.8 Å². The number of carboxylic acid groups (broad SMARTS) is 1. The summed E-state index contributed by atoms with van der Waals surface area (Å²) < 4.78 is 0. The Balaban J connectivity index is 4.26. The van der Waals surface area contributed by atoms with E-state index in [0.717, 1.165) is 25.7 Å². The quantitative estimate of drug-likeness (QED) is 0.664. The van der Waals surface area contributed by atoms with Gasteiger partial charge in [0.25, 0.3) is 0 Å². The molecule has 14 heavy (non-hydrogen) atoms. The van der Waals surface area contributed by atoms with Gasteiger partial charge in [0.2, 0.25) is 0 Å². The number of hydrogen-bond acceptors (Lipinski definition) is 2. The Morgan fingerprint density at radius 3 is 2.43 bits per heavy atom. The highest BCUT2D eigenvalue weighted by Crippen LogP contribution is 2.26. The number of rotatable bonds is 7. The molecule has 2 unspecified atom stereocenters. The van der Waals surface area contributed by atoms with Gasteiger partial charge in [-0.1, -0.05) is 33.6 Å². The molecule has 0 aliphatic heterocycles. The van der Waals surface area contributed by atoms with Crippen molar-refractivity contribution in [3.63, 3.8) is 0 Å². The van der Waals surface area contributed by atoms with E-state index in [2.05, 4.69) is 13.8 Å². The Hall–Kier alpha value is -0.570. The fourth-order valence-corrected chi connectivity index (χ4v) is 1.73. The maximum absolute atomic E-state index is 10.7. The maximum Gasteiger partial charge on any atom is 0.305 e. The summed E-state index contributed by atoms with van der Waals surface area (Å²) in [5, 5.41) is 8.77. The highest BCUT2D eigenvalue weighted by molar-refractivity contribution is 5.68. The van der Waals surface area contributed by atoms with Gasteiger partial charge in [-0.3, -0.25) is 4.79 Å². The predicted octanol–water partition coefficient (Wildman–Crippen LogP) is 2.39. The summed E-state index contributed by atoms with van der Waals surface area (Å²) in [5.41, 5.74) is 5.57. The van der Waals surface area contributed by atoms with E-state index < -0.39 is 11.5 Å².